The Morgan fingerprint density at radius 1 is 1.30 bits per heavy atom. The van der Waals surface area contributed by atoms with E-state index in [0.29, 0.717) is 5.92 Å². The molecular weight excluding hydrogens is 286 g/mol. The fraction of sp³-hybridized carbons (Fsp3) is 0.538. The molecule has 0 amide bonds. The van der Waals surface area contributed by atoms with Crippen LogP contribution in [0.1, 0.15) is 31.2 Å². The largest absolute Gasteiger partial charge is 0.326 e. The summed E-state index contributed by atoms with van der Waals surface area (Å²) in [6.45, 7) is -0.120. The lowest BCUT2D eigenvalue weighted by molar-refractivity contribution is 0.297. The highest BCUT2D eigenvalue weighted by atomic mass is 32.2. The van der Waals surface area contributed by atoms with Crippen molar-refractivity contribution in [3.63, 3.8) is 0 Å². The van der Waals surface area contributed by atoms with Gasteiger partial charge in [0.2, 0.25) is 10.0 Å². The molecule has 1 saturated carbocycles. The number of hydrogen-bond acceptors (Lipinski definition) is 3. The molecule has 0 heterocycles. The maximum atomic E-state index is 14.0. The highest BCUT2D eigenvalue weighted by Crippen LogP contribution is 2.29. The summed E-state index contributed by atoms with van der Waals surface area (Å²) in [5.74, 6) is -1.39. The van der Waals surface area contributed by atoms with Gasteiger partial charge in [0.15, 0.2) is 5.82 Å². The molecule has 4 nitrogen and oxygen atoms in total. The third-order valence-corrected chi connectivity index (χ3v) is 5.19. The van der Waals surface area contributed by atoms with E-state index in [1.54, 1.807) is 0 Å². The quantitative estimate of drug-likeness (QED) is 0.843. The molecular formula is C13H18F2N2O2S. The minimum absolute atomic E-state index is 0.266. The summed E-state index contributed by atoms with van der Waals surface area (Å²) in [6.07, 6.45) is 4.16. The van der Waals surface area contributed by atoms with Gasteiger partial charge >= 0.3 is 0 Å². The molecule has 0 bridgehead atoms. The second kappa shape index (κ2) is 6.15. The zero-order valence-corrected chi connectivity index (χ0v) is 11.8. The van der Waals surface area contributed by atoms with Gasteiger partial charge in [0.25, 0.3) is 0 Å². The maximum Gasteiger partial charge on any atom is 0.243 e. The van der Waals surface area contributed by atoms with E-state index in [9.17, 15) is 17.2 Å². The summed E-state index contributed by atoms with van der Waals surface area (Å²) in [6, 6.07) is 1.85. The highest BCUT2D eigenvalue weighted by molar-refractivity contribution is 7.89. The minimum Gasteiger partial charge on any atom is -0.326 e. The van der Waals surface area contributed by atoms with E-state index in [1.165, 1.54) is 6.42 Å². The number of rotatable bonds is 6. The predicted molar refractivity (Wildman–Crippen MR) is 71.4 cm³/mol. The van der Waals surface area contributed by atoms with Crippen LogP contribution >= 0.6 is 0 Å². The van der Waals surface area contributed by atoms with Crippen molar-refractivity contribution >= 4 is 10.0 Å². The second-order valence-electron chi connectivity index (χ2n) is 5.03. The van der Waals surface area contributed by atoms with Crippen LogP contribution in [0.25, 0.3) is 0 Å². The van der Waals surface area contributed by atoms with Crippen LogP contribution in [0.15, 0.2) is 17.0 Å². The number of halogens is 2. The average molecular weight is 304 g/mol. The Bertz CT molecular complexity index is 586. The van der Waals surface area contributed by atoms with E-state index in [1.807, 2.05) is 0 Å². The van der Waals surface area contributed by atoms with Gasteiger partial charge in [-0.05, 0) is 24.5 Å². The molecule has 1 fully saturated rings. The summed E-state index contributed by atoms with van der Waals surface area (Å²) < 4.78 is 53.6. The zero-order chi connectivity index (χ0) is 14.8. The van der Waals surface area contributed by atoms with Crippen LogP contribution in [0.2, 0.25) is 0 Å². The molecule has 0 unspecified atom stereocenters. The Kier molecular flexibility index (Phi) is 4.72. The molecule has 0 aromatic heterocycles. The summed E-state index contributed by atoms with van der Waals surface area (Å²) in [7, 11) is -3.97. The van der Waals surface area contributed by atoms with E-state index in [0.717, 1.165) is 31.4 Å². The zero-order valence-electron chi connectivity index (χ0n) is 11.0. The van der Waals surface area contributed by atoms with Crippen LogP contribution in [0.3, 0.4) is 0 Å². The number of nitrogens with two attached hydrogens (primary N) is 1. The van der Waals surface area contributed by atoms with E-state index >= 15 is 0 Å². The number of sulfonamides is 1. The van der Waals surface area contributed by atoms with Crippen molar-refractivity contribution < 1.29 is 17.2 Å². The molecule has 112 valence electrons. The molecule has 0 atom stereocenters. The molecule has 7 heteroatoms. The third kappa shape index (κ3) is 3.16. The summed E-state index contributed by atoms with van der Waals surface area (Å²) in [5.41, 5.74) is 4.82. The van der Waals surface area contributed by atoms with E-state index < -0.39 is 32.1 Å². The van der Waals surface area contributed by atoms with Gasteiger partial charge in [-0.3, -0.25) is 0 Å². The topological polar surface area (TPSA) is 72.2 Å². The van der Waals surface area contributed by atoms with Gasteiger partial charge in [-0.1, -0.05) is 19.3 Å². The van der Waals surface area contributed by atoms with Gasteiger partial charge in [0.1, 0.15) is 10.7 Å². The van der Waals surface area contributed by atoms with Gasteiger partial charge in [-0.15, -0.1) is 0 Å². The van der Waals surface area contributed by atoms with Gasteiger partial charge in [-0.25, -0.2) is 21.9 Å². The van der Waals surface area contributed by atoms with Crippen LogP contribution in [0.5, 0.6) is 0 Å². The third-order valence-electron chi connectivity index (χ3n) is 3.71. The maximum absolute atomic E-state index is 14.0. The van der Waals surface area contributed by atoms with Crippen molar-refractivity contribution in [2.75, 3.05) is 6.54 Å². The molecule has 1 aliphatic carbocycles. The molecule has 1 aromatic carbocycles. The van der Waals surface area contributed by atoms with E-state index in [-0.39, 0.29) is 13.1 Å². The SMILES string of the molecule is NCc1c(F)ccc(S(=O)(=O)NCCC2CCC2)c1F. The fourth-order valence-electron chi connectivity index (χ4n) is 2.23. The van der Waals surface area contributed by atoms with Crippen LogP contribution in [0.4, 0.5) is 8.78 Å². The average Bonchev–Trinajstić information content (AvgIpc) is 2.32. The Morgan fingerprint density at radius 2 is 2.00 bits per heavy atom. The molecule has 0 radical (unpaired) electrons. The first kappa shape index (κ1) is 15.3. The molecule has 0 saturated heterocycles. The monoisotopic (exact) mass is 304 g/mol. The van der Waals surface area contributed by atoms with E-state index in [2.05, 4.69) is 4.72 Å². The molecule has 0 aliphatic heterocycles. The van der Waals surface area contributed by atoms with Crippen LogP contribution < -0.4 is 10.5 Å². The first-order valence-electron chi connectivity index (χ1n) is 6.62. The van der Waals surface area contributed by atoms with Crippen molar-refractivity contribution in [1.82, 2.24) is 4.72 Å². The molecule has 0 spiro atoms. The summed E-state index contributed by atoms with van der Waals surface area (Å²) in [5, 5.41) is 0. The van der Waals surface area contributed by atoms with Gasteiger partial charge in [0.05, 0.1) is 0 Å². The predicted octanol–water partition coefficient (Wildman–Crippen LogP) is 1.89. The van der Waals surface area contributed by atoms with E-state index in [4.69, 9.17) is 5.73 Å². The molecule has 3 N–H and O–H groups in total. The molecule has 1 aromatic rings. The summed E-state index contributed by atoms with van der Waals surface area (Å²) in [4.78, 5) is -0.548. The first-order valence-corrected chi connectivity index (χ1v) is 8.10. The number of benzene rings is 1. The molecule has 2 rings (SSSR count). The molecule has 1 aliphatic rings. The summed E-state index contributed by atoms with van der Waals surface area (Å²) >= 11 is 0. The Balaban J connectivity index is 2.12. The van der Waals surface area contributed by atoms with Crippen LogP contribution in [-0.2, 0) is 16.6 Å². The van der Waals surface area contributed by atoms with Crippen LogP contribution in [-0.4, -0.2) is 15.0 Å². The van der Waals surface area contributed by atoms with Gasteiger partial charge in [0, 0.05) is 18.7 Å². The smallest absolute Gasteiger partial charge is 0.243 e. The van der Waals surface area contributed by atoms with Crippen molar-refractivity contribution in [3.05, 3.63) is 29.3 Å². The standard InChI is InChI=1S/C13H18F2N2O2S/c14-11-4-5-12(13(15)10(11)8-16)20(18,19)17-7-6-9-2-1-3-9/h4-5,9,17H,1-3,6-8,16H2. The normalized spacial score (nSPS) is 16.1. The number of hydrogen-bond donors (Lipinski definition) is 2. The van der Waals surface area contributed by atoms with Gasteiger partial charge < -0.3 is 5.73 Å². The van der Waals surface area contributed by atoms with Crippen molar-refractivity contribution in [1.29, 1.82) is 0 Å². The molecule has 20 heavy (non-hydrogen) atoms. The highest BCUT2D eigenvalue weighted by Gasteiger charge is 2.24. The van der Waals surface area contributed by atoms with Crippen molar-refractivity contribution in [2.45, 2.75) is 37.1 Å². The van der Waals surface area contributed by atoms with Crippen LogP contribution in [0, 0.1) is 17.6 Å². The fourth-order valence-corrected chi connectivity index (χ4v) is 3.38. The minimum atomic E-state index is -3.97. The number of nitrogens with one attached hydrogen (secondary N) is 1. The van der Waals surface area contributed by atoms with Crippen molar-refractivity contribution in [2.24, 2.45) is 11.7 Å². The Morgan fingerprint density at radius 3 is 2.55 bits per heavy atom. The van der Waals surface area contributed by atoms with Gasteiger partial charge in [-0.2, -0.15) is 0 Å². The Hall–Kier alpha value is -1.05. The lowest BCUT2D eigenvalue weighted by atomic mass is 9.83. The van der Waals surface area contributed by atoms with Crippen molar-refractivity contribution in [3.8, 4) is 0 Å². The Labute approximate surface area is 117 Å². The first-order chi connectivity index (χ1) is 9.45. The second-order valence-corrected chi connectivity index (χ2v) is 6.76. The lowest BCUT2D eigenvalue weighted by Crippen LogP contribution is -2.28. The lowest BCUT2D eigenvalue weighted by Gasteiger charge is -2.25.